The molecule has 424 valence electrons. The van der Waals surface area contributed by atoms with Crippen LogP contribution in [0.15, 0.2) is 45.6 Å². The van der Waals surface area contributed by atoms with Gasteiger partial charge in [-0.1, -0.05) is 0 Å². The Morgan fingerprint density at radius 3 is 2.13 bits per heavy atom. The number of aryl methyl sites for hydroxylation is 1. The van der Waals surface area contributed by atoms with Gasteiger partial charge in [-0.15, -0.1) is 0 Å². The van der Waals surface area contributed by atoms with E-state index in [0.29, 0.717) is 0 Å². The van der Waals surface area contributed by atoms with Crippen molar-refractivity contribution >= 4 is 73.8 Å². The highest BCUT2D eigenvalue weighted by atomic mass is 32.2. The van der Waals surface area contributed by atoms with Crippen LogP contribution < -0.4 is 37.6 Å². The Balaban J connectivity index is 0.952. The molecule has 3 aliphatic rings. The minimum atomic E-state index is -6.24. The van der Waals surface area contributed by atoms with Gasteiger partial charge in [0.2, 0.25) is 24.4 Å². The summed E-state index contributed by atoms with van der Waals surface area (Å²) < 4.78 is 120. The summed E-state index contributed by atoms with van der Waals surface area (Å²) in [7, 11) is -17.9. The molecule has 1 amide bonds. The van der Waals surface area contributed by atoms with Gasteiger partial charge in [0.1, 0.15) is 54.6 Å². The van der Waals surface area contributed by atoms with Gasteiger partial charge in [-0.05, 0) is 0 Å². The van der Waals surface area contributed by atoms with Crippen molar-refractivity contribution in [1.29, 1.82) is 0 Å². The van der Waals surface area contributed by atoms with Crippen LogP contribution in [0.25, 0.3) is 22.3 Å². The summed E-state index contributed by atoms with van der Waals surface area (Å²) in [6.45, 7) is -3.19. The number of aliphatic hydroxyl groups is 3. The number of aromatic nitrogens is 10. The first-order valence-corrected chi connectivity index (χ1v) is 28.0. The number of anilines is 2. The number of ether oxygens (including phenoxy) is 4. The highest BCUT2D eigenvalue weighted by molar-refractivity contribution is 7.84. The second-order valence-electron chi connectivity index (χ2n) is 17.4. The molecule has 42 heteroatoms. The zero-order chi connectivity index (χ0) is 56.3. The van der Waals surface area contributed by atoms with Crippen molar-refractivity contribution in [3.8, 4) is 0 Å². The summed E-state index contributed by atoms with van der Waals surface area (Å²) in [6.07, 6.45) is -14.2. The van der Waals surface area contributed by atoms with Gasteiger partial charge in [0, 0.05) is 52.4 Å². The summed E-state index contributed by atoms with van der Waals surface area (Å²) in [5, 5.41) is 32.8. The first kappa shape index (κ1) is 57.8. The smallest absolute Gasteiger partial charge is 0.387 e. The number of nitrogens with two attached hydrogens (primary N) is 2. The van der Waals surface area contributed by atoms with Crippen LogP contribution in [-0.4, -0.2) is 183 Å². The number of phosphoric acid groups is 3. The maximum atomic E-state index is 13.6. The van der Waals surface area contributed by atoms with Crippen LogP contribution in [0.3, 0.4) is 0 Å². The lowest BCUT2D eigenvalue weighted by Gasteiger charge is -2.24. The summed E-state index contributed by atoms with van der Waals surface area (Å²) in [5.74, 6) is -2.20. The topological polar surface area (TPSA) is 527 Å². The summed E-state index contributed by atoms with van der Waals surface area (Å²) in [4.78, 5) is 103. The van der Waals surface area contributed by atoms with Gasteiger partial charge in [-0.3, -0.25) is 42.5 Å². The molecule has 13 N–H and O–H groups in total. The highest BCUT2D eigenvalue weighted by Crippen LogP contribution is 2.68. The zero-order valence-electron chi connectivity index (χ0n) is 40.1. The lowest BCUT2D eigenvalue weighted by atomic mass is 9.94. The van der Waals surface area contributed by atoms with Gasteiger partial charge in [0.25, 0.3) is 16.7 Å². The van der Waals surface area contributed by atoms with Crippen molar-refractivity contribution in [1.82, 2.24) is 53.2 Å². The normalized spacial score (nSPS) is 29.2. The summed E-state index contributed by atoms with van der Waals surface area (Å²) in [6, 6.07) is 0.925. The van der Waals surface area contributed by atoms with E-state index in [1.165, 1.54) is 46.1 Å². The SMILES string of the molecule is CO[C@@H]1[C@H](OS(=O)(=O)NC[C@H]2O[C@@H](n3ccc(=O)[nH]c3=O)[C@H](O)[C@@H]2O)C(COP(=O)(O)OP(=O)(O)OP(=O)(O)OC[C@H]2O[C@@H](n3c[n+](C)c4c(=O)[nH]c(N)nc43)[C@H](O)[C@@H]2CC(=O)N(C)C)O[C@H]1n1cnc2c(N)ncnc21. The van der Waals surface area contributed by atoms with Crippen molar-refractivity contribution < 1.29 is 102 Å². The average molecular weight is 1180 g/mol. The second-order valence-corrected chi connectivity index (χ2v) is 23.4. The number of H-pyrrole nitrogens is 2. The first-order valence-electron chi connectivity index (χ1n) is 22.1. The van der Waals surface area contributed by atoms with Crippen LogP contribution in [-0.2, 0) is 76.6 Å². The number of hydrogen-bond acceptors (Lipinski definition) is 27. The lowest BCUT2D eigenvalue weighted by Crippen LogP contribution is -2.45. The number of hydrogen-bond donors (Lipinski definition) is 11. The quantitative estimate of drug-likeness (QED) is 0.0241. The molecule has 38 nitrogen and oxygen atoms in total. The Labute approximate surface area is 430 Å². The standard InChI is InChI=1S/C35H49N14O24P3S/c1-45(2)19(51)7-14-16(69-31(22(14)52)49-13-46(3)21-29(49)43-34(37)44-30(21)55)9-66-74(57,58)72-76(61,62)73-75(59,60)67-10-17-25(26(65-4)33(70-17)48-12-40-20-27(36)38-11-39-28(20)48)71-77(63,64)41-8-15-23(53)24(54)32(68-15)47-6-5-18(50)42-35(47)56/h5-6,11-17,22-26,31-33,41,52-54H,7-10H2,1-4H3,(H8-,36,37,38,39,42,43,44,50,55,56,57,58,59,60,61,62)/p+1/t14-,15-,16-,17?,22-,23-,24-,25-,26-,31-,32-,33-/m1/s1. The van der Waals surface area contributed by atoms with Crippen LogP contribution in [0.5, 0.6) is 0 Å². The van der Waals surface area contributed by atoms with E-state index in [2.05, 4.69) is 33.5 Å². The number of aromatic amines is 2. The Morgan fingerprint density at radius 2 is 1.48 bits per heavy atom. The largest absolute Gasteiger partial charge is 0.490 e. The van der Waals surface area contributed by atoms with Gasteiger partial charge < -0.3 is 65.3 Å². The summed E-state index contributed by atoms with van der Waals surface area (Å²) in [5.41, 5.74) is 9.14. The van der Waals surface area contributed by atoms with Crippen molar-refractivity contribution in [2.75, 3.05) is 52.4 Å². The molecule has 8 rings (SSSR count). The van der Waals surface area contributed by atoms with Crippen molar-refractivity contribution in [2.24, 2.45) is 13.0 Å². The van der Waals surface area contributed by atoms with E-state index in [1.807, 2.05) is 9.71 Å². The number of aliphatic hydroxyl groups excluding tert-OH is 3. The highest BCUT2D eigenvalue weighted by Gasteiger charge is 2.53. The fourth-order valence-corrected chi connectivity index (χ4v) is 13.0. The monoisotopic (exact) mass is 1180 g/mol. The minimum absolute atomic E-state index is 0.00408. The number of fused-ring (bicyclic) bond motifs is 2. The number of rotatable bonds is 21. The minimum Gasteiger partial charge on any atom is -0.387 e. The molecule has 0 aliphatic carbocycles. The van der Waals surface area contributed by atoms with Crippen LogP contribution in [0.1, 0.15) is 25.1 Å². The van der Waals surface area contributed by atoms with E-state index in [4.69, 9.17) is 43.6 Å². The van der Waals surface area contributed by atoms with Gasteiger partial charge in [-0.25, -0.2) is 42.2 Å². The van der Waals surface area contributed by atoms with E-state index in [0.717, 1.165) is 36.6 Å². The number of imidazole rings is 2. The molecule has 3 aliphatic heterocycles. The third-order valence-electron chi connectivity index (χ3n) is 12.1. The molecule has 15 atom stereocenters. The molecule has 3 fully saturated rings. The molecule has 0 spiro atoms. The number of methoxy groups -OCH3 is 1. The zero-order valence-corrected chi connectivity index (χ0v) is 43.6. The molecular weight excluding hydrogens is 1130 g/mol. The number of carbonyl (C=O) groups is 1. The number of phosphoric ester groups is 2. The van der Waals surface area contributed by atoms with E-state index >= 15 is 0 Å². The first-order chi connectivity index (χ1) is 36.0. The predicted octanol–water partition coefficient (Wildman–Crippen LogP) is -5.42. The molecule has 4 unspecified atom stereocenters. The molecule has 0 saturated carbocycles. The maximum absolute atomic E-state index is 13.6. The number of nitrogens with one attached hydrogen (secondary N) is 3. The molecule has 8 heterocycles. The Morgan fingerprint density at radius 1 is 0.844 bits per heavy atom. The van der Waals surface area contributed by atoms with Gasteiger partial charge in [-0.2, -0.15) is 31.3 Å². The third-order valence-corrected chi connectivity index (χ3v) is 17.3. The van der Waals surface area contributed by atoms with Crippen molar-refractivity contribution in [3.63, 3.8) is 0 Å². The number of amides is 1. The Kier molecular flexibility index (Phi) is 16.6. The molecular formula is C35H50N14O24P3S+. The Bertz CT molecular complexity index is 3490. The second kappa shape index (κ2) is 22.1. The van der Waals surface area contributed by atoms with Gasteiger partial charge in [0.05, 0.1) is 32.7 Å². The molecule has 0 aromatic carbocycles. The van der Waals surface area contributed by atoms with E-state index in [-0.39, 0.29) is 34.1 Å². The lowest BCUT2D eigenvalue weighted by molar-refractivity contribution is -0.646. The van der Waals surface area contributed by atoms with Gasteiger partial charge in [0.15, 0.2) is 23.9 Å². The van der Waals surface area contributed by atoms with Crippen molar-refractivity contribution in [3.05, 3.63) is 62.4 Å². The molecule has 3 saturated heterocycles. The van der Waals surface area contributed by atoms with E-state index in [1.54, 1.807) is 0 Å². The maximum Gasteiger partial charge on any atom is 0.490 e. The molecule has 5 aromatic rings. The van der Waals surface area contributed by atoms with Crippen LogP contribution in [0.4, 0.5) is 11.8 Å². The van der Waals surface area contributed by atoms with E-state index in [9.17, 15) is 71.3 Å². The number of carbonyl (C=O) groups excluding carboxylic acids is 1. The van der Waals surface area contributed by atoms with E-state index < -0.39 is 156 Å². The van der Waals surface area contributed by atoms with Crippen LogP contribution in [0, 0.1) is 5.92 Å². The van der Waals surface area contributed by atoms with Crippen LogP contribution in [0.2, 0.25) is 0 Å². The third kappa shape index (κ3) is 12.4. The molecule has 5 aromatic heterocycles. The molecule has 0 bridgehead atoms. The van der Waals surface area contributed by atoms with Crippen molar-refractivity contribution in [2.45, 2.75) is 73.9 Å². The number of nitrogens with zero attached hydrogens (tertiary/aromatic N) is 9. The van der Waals surface area contributed by atoms with Gasteiger partial charge >= 0.3 is 45.0 Å². The Hall–Kier alpha value is -5.35. The fourth-order valence-electron chi connectivity index (χ4n) is 8.54. The molecule has 0 radical (unpaired) electrons. The number of nitrogen functional groups attached to an aromatic ring is 2. The fraction of sp³-hybridized carbons (Fsp3) is 0.571. The predicted molar refractivity (Wildman–Crippen MR) is 250 cm³/mol. The summed E-state index contributed by atoms with van der Waals surface area (Å²) >= 11 is 0. The molecule has 77 heavy (non-hydrogen) atoms. The van der Waals surface area contributed by atoms with Crippen LogP contribution >= 0.6 is 23.5 Å². The average Bonchev–Trinajstić information content (AvgIpc) is 4.13.